The highest BCUT2D eigenvalue weighted by Crippen LogP contribution is 2.30. The summed E-state index contributed by atoms with van der Waals surface area (Å²) < 4.78 is 1.58. The lowest BCUT2D eigenvalue weighted by molar-refractivity contribution is -0.147. The highest BCUT2D eigenvalue weighted by Gasteiger charge is 2.34. The van der Waals surface area contributed by atoms with Crippen LogP contribution in [0.15, 0.2) is 30.3 Å². The van der Waals surface area contributed by atoms with E-state index in [0.717, 1.165) is 5.56 Å². The normalized spacial score (nSPS) is 12.4. The molecule has 0 radical (unpaired) electrons. The summed E-state index contributed by atoms with van der Waals surface area (Å²) in [6.45, 7) is 7.60. The highest BCUT2D eigenvalue weighted by atomic mass is 16.4. The molecule has 0 fully saturated rings. The quantitative estimate of drug-likeness (QED) is 0.911. The summed E-state index contributed by atoms with van der Waals surface area (Å²) in [6.07, 6.45) is 0. The second-order valence-corrected chi connectivity index (χ2v) is 6.34. The van der Waals surface area contributed by atoms with E-state index in [1.165, 1.54) is 0 Å². The first-order chi connectivity index (χ1) is 9.75. The van der Waals surface area contributed by atoms with Crippen molar-refractivity contribution in [2.45, 2.75) is 39.7 Å². The largest absolute Gasteiger partial charge is 0.481 e. The summed E-state index contributed by atoms with van der Waals surface area (Å²) in [4.78, 5) is 11.3. The number of aliphatic carboxylic acids is 1. The Bertz CT molecular complexity index is 632. The first-order valence-corrected chi connectivity index (χ1v) is 6.81. The van der Waals surface area contributed by atoms with E-state index in [2.05, 4.69) is 15.5 Å². The lowest BCUT2D eigenvalue weighted by Crippen LogP contribution is -2.33. The van der Waals surface area contributed by atoms with Gasteiger partial charge in [-0.15, -0.1) is 5.10 Å². The van der Waals surface area contributed by atoms with Gasteiger partial charge >= 0.3 is 5.97 Å². The highest BCUT2D eigenvalue weighted by molar-refractivity contribution is 5.73. The molecule has 0 atom stereocenters. The molecular formula is C15H20N4O2. The van der Waals surface area contributed by atoms with Crippen LogP contribution in [-0.4, -0.2) is 31.3 Å². The number of carboxylic acid groups (broad SMARTS) is 1. The predicted molar refractivity (Wildman–Crippen MR) is 77.8 cm³/mol. The molecule has 0 aliphatic rings. The number of aromatic nitrogens is 4. The van der Waals surface area contributed by atoms with Crippen molar-refractivity contribution in [2.75, 3.05) is 0 Å². The third-order valence-corrected chi connectivity index (χ3v) is 3.71. The van der Waals surface area contributed by atoms with Crippen molar-refractivity contribution in [3.05, 3.63) is 41.7 Å². The number of carbonyl (C=O) groups is 1. The van der Waals surface area contributed by atoms with Gasteiger partial charge in [-0.05, 0) is 43.7 Å². The van der Waals surface area contributed by atoms with Crippen LogP contribution >= 0.6 is 0 Å². The van der Waals surface area contributed by atoms with Crippen molar-refractivity contribution in [1.29, 1.82) is 0 Å². The molecule has 0 aliphatic carbocycles. The Labute approximate surface area is 123 Å². The summed E-state index contributed by atoms with van der Waals surface area (Å²) in [5, 5.41) is 21.1. The Balaban J connectivity index is 2.39. The van der Waals surface area contributed by atoms with E-state index in [1.807, 2.05) is 44.2 Å². The monoisotopic (exact) mass is 288 g/mol. The predicted octanol–water partition coefficient (Wildman–Crippen LogP) is 2.11. The van der Waals surface area contributed by atoms with Crippen molar-refractivity contribution in [2.24, 2.45) is 5.41 Å². The molecule has 112 valence electrons. The molecule has 0 spiro atoms. The summed E-state index contributed by atoms with van der Waals surface area (Å²) in [5.74, 6) is -0.218. The summed E-state index contributed by atoms with van der Waals surface area (Å²) in [5.41, 5.74) is -0.259. The van der Waals surface area contributed by atoms with E-state index in [0.29, 0.717) is 5.82 Å². The molecule has 1 N–H and O–H groups in total. The van der Waals surface area contributed by atoms with Gasteiger partial charge in [0.25, 0.3) is 0 Å². The van der Waals surface area contributed by atoms with Crippen LogP contribution in [0.2, 0.25) is 0 Å². The number of hydrogen-bond acceptors (Lipinski definition) is 4. The molecule has 0 saturated carbocycles. The van der Waals surface area contributed by atoms with Gasteiger partial charge < -0.3 is 5.11 Å². The van der Waals surface area contributed by atoms with Crippen LogP contribution in [0.3, 0.4) is 0 Å². The number of hydrogen-bond donors (Lipinski definition) is 1. The minimum atomic E-state index is -0.934. The van der Waals surface area contributed by atoms with Gasteiger partial charge in [-0.3, -0.25) is 4.79 Å². The third kappa shape index (κ3) is 2.94. The molecule has 1 aromatic heterocycles. The molecule has 0 amide bonds. The topological polar surface area (TPSA) is 80.9 Å². The smallest absolute Gasteiger partial charge is 0.310 e. The summed E-state index contributed by atoms with van der Waals surface area (Å²) in [7, 11) is 0. The van der Waals surface area contributed by atoms with Crippen LogP contribution < -0.4 is 0 Å². The summed E-state index contributed by atoms with van der Waals surface area (Å²) in [6, 6.07) is 9.91. The van der Waals surface area contributed by atoms with Crippen molar-refractivity contribution in [1.82, 2.24) is 20.2 Å². The first-order valence-electron chi connectivity index (χ1n) is 6.81. The molecule has 1 heterocycles. The minimum absolute atomic E-state index is 0.223. The lowest BCUT2D eigenvalue weighted by Gasteiger charge is -2.26. The minimum Gasteiger partial charge on any atom is -0.481 e. The molecule has 0 bridgehead atoms. The molecule has 6 heteroatoms. The number of rotatable bonds is 5. The molecule has 21 heavy (non-hydrogen) atoms. The van der Waals surface area contributed by atoms with E-state index in [4.69, 9.17) is 0 Å². The van der Waals surface area contributed by atoms with E-state index in [1.54, 1.807) is 18.5 Å². The Hall–Kier alpha value is -2.24. The molecule has 6 nitrogen and oxygen atoms in total. The molecule has 2 aromatic rings. The van der Waals surface area contributed by atoms with Crippen LogP contribution in [-0.2, 0) is 16.8 Å². The first kappa shape index (κ1) is 15.2. The van der Waals surface area contributed by atoms with E-state index >= 15 is 0 Å². The maximum atomic E-state index is 11.3. The van der Waals surface area contributed by atoms with Gasteiger partial charge in [0.05, 0.1) is 17.4 Å². The van der Waals surface area contributed by atoms with Crippen LogP contribution in [0.4, 0.5) is 0 Å². The van der Waals surface area contributed by atoms with Crippen molar-refractivity contribution < 1.29 is 9.90 Å². The second kappa shape index (κ2) is 5.27. The summed E-state index contributed by atoms with van der Waals surface area (Å²) >= 11 is 0. The van der Waals surface area contributed by atoms with Gasteiger partial charge in [-0.1, -0.05) is 30.3 Å². The fourth-order valence-corrected chi connectivity index (χ4v) is 2.18. The number of tetrazole rings is 1. The Kier molecular flexibility index (Phi) is 3.80. The van der Waals surface area contributed by atoms with E-state index in [-0.39, 0.29) is 6.54 Å². The maximum absolute atomic E-state index is 11.3. The zero-order valence-electron chi connectivity index (χ0n) is 12.7. The van der Waals surface area contributed by atoms with Gasteiger partial charge in [0.15, 0.2) is 5.82 Å². The Morgan fingerprint density at radius 3 is 2.38 bits per heavy atom. The molecule has 0 unspecified atom stereocenters. The fourth-order valence-electron chi connectivity index (χ4n) is 2.18. The number of nitrogens with zero attached hydrogens (tertiary/aromatic N) is 4. The van der Waals surface area contributed by atoms with Crippen molar-refractivity contribution in [3.8, 4) is 0 Å². The SMILES string of the molecule is CC(C)(Cn1nnnc1C(C)(C)c1ccccc1)C(=O)O. The average molecular weight is 288 g/mol. The zero-order valence-corrected chi connectivity index (χ0v) is 12.7. The van der Waals surface area contributed by atoms with Crippen molar-refractivity contribution >= 4 is 5.97 Å². The third-order valence-electron chi connectivity index (χ3n) is 3.71. The Morgan fingerprint density at radius 1 is 1.19 bits per heavy atom. The van der Waals surface area contributed by atoms with E-state index < -0.39 is 16.8 Å². The van der Waals surface area contributed by atoms with Crippen LogP contribution in [0.5, 0.6) is 0 Å². The maximum Gasteiger partial charge on any atom is 0.310 e. The molecular weight excluding hydrogens is 268 g/mol. The van der Waals surface area contributed by atoms with Crippen molar-refractivity contribution in [3.63, 3.8) is 0 Å². The van der Waals surface area contributed by atoms with Gasteiger partial charge in [0.2, 0.25) is 0 Å². The van der Waals surface area contributed by atoms with Crippen LogP contribution in [0.1, 0.15) is 39.1 Å². The molecule has 0 aliphatic heterocycles. The Morgan fingerprint density at radius 2 is 1.81 bits per heavy atom. The number of benzene rings is 1. The zero-order chi connectivity index (χ0) is 15.7. The average Bonchev–Trinajstić information content (AvgIpc) is 2.87. The number of carboxylic acids is 1. The van der Waals surface area contributed by atoms with Gasteiger partial charge in [0, 0.05) is 0 Å². The van der Waals surface area contributed by atoms with Gasteiger partial charge in [-0.25, -0.2) is 4.68 Å². The standard InChI is InChI=1S/C15H20N4O2/c1-14(2,13(20)21)10-19-12(16-17-18-19)15(3,4)11-8-6-5-7-9-11/h5-9H,10H2,1-4H3,(H,20,21). The van der Waals surface area contributed by atoms with Crippen LogP contribution in [0.25, 0.3) is 0 Å². The fraction of sp³-hybridized carbons (Fsp3) is 0.467. The van der Waals surface area contributed by atoms with Crippen LogP contribution in [0, 0.1) is 5.41 Å². The van der Waals surface area contributed by atoms with Gasteiger partial charge in [-0.2, -0.15) is 0 Å². The molecule has 1 aromatic carbocycles. The molecule has 2 rings (SSSR count). The molecule has 0 saturated heterocycles. The van der Waals surface area contributed by atoms with E-state index in [9.17, 15) is 9.90 Å². The van der Waals surface area contributed by atoms with Gasteiger partial charge in [0.1, 0.15) is 0 Å². The second-order valence-electron chi connectivity index (χ2n) is 6.34. The lowest BCUT2D eigenvalue weighted by atomic mass is 9.83.